The first-order valence-corrected chi connectivity index (χ1v) is 10.4. The van der Waals surface area contributed by atoms with Crippen LogP contribution in [0.15, 0.2) is 47.4 Å². The zero-order chi connectivity index (χ0) is 18.2. The third-order valence-corrected chi connectivity index (χ3v) is 7.10. The molecule has 3 nitrogen and oxygen atoms in total. The molecule has 1 aliphatic heterocycles. The molecule has 0 amide bonds. The van der Waals surface area contributed by atoms with E-state index in [1.165, 1.54) is 11.1 Å². The van der Waals surface area contributed by atoms with E-state index in [0.717, 1.165) is 30.4 Å². The first-order chi connectivity index (χ1) is 11.8. The molecule has 25 heavy (non-hydrogen) atoms. The molecule has 0 spiro atoms. The SMILES string of the molecule is Cc1ccc(S(=O)(=O)N2[C@@H](C)CCC[C@H]2c2cc(C)cc(C)c2)cc1. The standard InChI is InChI=1S/C21H27NO2S/c1-15-8-10-20(11-9-15)25(23,24)22-18(4)6-5-7-21(22)19-13-16(2)12-17(3)14-19/h8-14,18,21H,5-7H2,1-4H3/t18-,21-/m0/s1. The van der Waals surface area contributed by atoms with Crippen LogP contribution in [0.25, 0.3) is 0 Å². The van der Waals surface area contributed by atoms with Crippen molar-refractivity contribution in [1.29, 1.82) is 0 Å². The van der Waals surface area contributed by atoms with E-state index in [0.29, 0.717) is 4.90 Å². The molecule has 2 atom stereocenters. The minimum absolute atomic E-state index is 0.00544. The molecule has 0 unspecified atom stereocenters. The zero-order valence-electron chi connectivity index (χ0n) is 15.5. The number of piperidine rings is 1. The van der Waals surface area contributed by atoms with Crippen LogP contribution in [0.3, 0.4) is 0 Å². The molecule has 2 aromatic carbocycles. The van der Waals surface area contributed by atoms with Crippen LogP contribution in [0, 0.1) is 20.8 Å². The number of nitrogens with zero attached hydrogens (tertiary/aromatic N) is 1. The molecule has 2 aromatic rings. The molecule has 1 heterocycles. The first-order valence-electron chi connectivity index (χ1n) is 8.97. The molecular formula is C21H27NO2S. The lowest BCUT2D eigenvalue weighted by molar-refractivity contribution is 0.193. The van der Waals surface area contributed by atoms with Crippen LogP contribution in [0.5, 0.6) is 0 Å². The van der Waals surface area contributed by atoms with E-state index in [9.17, 15) is 8.42 Å². The number of aryl methyl sites for hydroxylation is 3. The predicted octanol–water partition coefficient (Wildman–Crippen LogP) is 4.92. The van der Waals surface area contributed by atoms with Gasteiger partial charge in [0.1, 0.15) is 0 Å². The highest BCUT2D eigenvalue weighted by atomic mass is 32.2. The maximum Gasteiger partial charge on any atom is 0.243 e. The Morgan fingerprint density at radius 1 is 0.880 bits per heavy atom. The Balaban J connectivity index is 2.07. The van der Waals surface area contributed by atoms with E-state index in [-0.39, 0.29) is 12.1 Å². The second-order valence-corrected chi connectivity index (χ2v) is 9.21. The Morgan fingerprint density at radius 2 is 1.48 bits per heavy atom. The lowest BCUT2D eigenvalue weighted by atomic mass is 9.92. The summed E-state index contributed by atoms with van der Waals surface area (Å²) in [6.45, 7) is 8.14. The summed E-state index contributed by atoms with van der Waals surface area (Å²) in [4.78, 5) is 0.390. The minimum atomic E-state index is -3.52. The molecule has 0 radical (unpaired) electrons. The molecule has 0 aromatic heterocycles. The van der Waals surface area contributed by atoms with Gasteiger partial charge in [-0.15, -0.1) is 0 Å². The second-order valence-electron chi connectivity index (χ2n) is 7.36. The first kappa shape index (κ1) is 18.2. The number of hydrogen-bond donors (Lipinski definition) is 0. The third kappa shape index (κ3) is 3.65. The molecular weight excluding hydrogens is 330 g/mol. The van der Waals surface area contributed by atoms with Crippen molar-refractivity contribution < 1.29 is 8.42 Å². The molecule has 0 saturated carbocycles. The summed E-state index contributed by atoms with van der Waals surface area (Å²) in [5, 5.41) is 0. The third-order valence-electron chi connectivity index (χ3n) is 5.07. The van der Waals surface area contributed by atoms with Crippen LogP contribution in [0.2, 0.25) is 0 Å². The summed E-state index contributed by atoms with van der Waals surface area (Å²) in [7, 11) is -3.52. The van der Waals surface area contributed by atoms with Crippen LogP contribution in [0.1, 0.15) is 54.5 Å². The van der Waals surface area contributed by atoms with Crippen LogP contribution < -0.4 is 0 Å². The van der Waals surface area contributed by atoms with Crippen LogP contribution >= 0.6 is 0 Å². The predicted molar refractivity (Wildman–Crippen MR) is 102 cm³/mol. The monoisotopic (exact) mass is 357 g/mol. The summed E-state index contributed by atoms with van der Waals surface area (Å²) in [6, 6.07) is 13.5. The highest BCUT2D eigenvalue weighted by Gasteiger charge is 2.38. The van der Waals surface area contributed by atoms with Crippen molar-refractivity contribution in [3.8, 4) is 0 Å². The van der Waals surface area contributed by atoms with E-state index in [2.05, 4.69) is 32.0 Å². The average Bonchev–Trinajstić information content (AvgIpc) is 2.54. The van der Waals surface area contributed by atoms with Gasteiger partial charge in [0.15, 0.2) is 0 Å². The van der Waals surface area contributed by atoms with Crippen LogP contribution in [-0.2, 0) is 10.0 Å². The van der Waals surface area contributed by atoms with Gasteiger partial charge in [-0.05, 0) is 64.7 Å². The molecule has 1 aliphatic rings. The zero-order valence-corrected chi connectivity index (χ0v) is 16.3. The number of benzene rings is 2. The van der Waals surface area contributed by atoms with Crippen molar-refractivity contribution >= 4 is 10.0 Å². The molecule has 4 heteroatoms. The van der Waals surface area contributed by atoms with E-state index in [4.69, 9.17) is 0 Å². The van der Waals surface area contributed by atoms with E-state index in [1.807, 2.05) is 26.0 Å². The van der Waals surface area contributed by atoms with Crippen LogP contribution in [-0.4, -0.2) is 18.8 Å². The fraction of sp³-hybridized carbons (Fsp3) is 0.429. The summed E-state index contributed by atoms with van der Waals surface area (Å²) in [6.07, 6.45) is 2.84. The molecule has 0 bridgehead atoms. The summed E-state index contributed by atoms with van der Waals surface area (Å²) >= 11 is 0. The number of rotatable bonds is 3. The van der Waals surface area contributed by atoms with E-state index >= 15 is 0 Å². The van der Waals surface area contributed by atoms with Gasteiger partial charge in [0, 0.05) is 6.04 Å². The van der Waals surface area contributed by atoms with Crippen molar-refractivity contribution in [2.75, 3.05) is 0 Å². The fourth-order valence-electron chi connectivity index (χ4n) is 3.92. The molecule has 0 N–H and O–H groups in total. The Kier molecular flexibility index (Phi) is 5.03. The van der Waals surface area contributed by atoms with E-state index < -0.39 is 10.0 Å². The summed E-state index contributed by atoms with van der Waals surface area (Å²) < 4.78 is 28.5. The van der Waals surface area contributed by atoms with Crippen molar-refractivity contribution in [1.82, 2.24) is 4.31 Å². The number of hydrogen-bond acceptors (Lipinski definition) is 2. The molecule has 134 valence electrons. The molecule has 3 rings (SSSR count). The van der Waals surface area contributed by atoms with Gasteiger partial charge >= 0.3 is 0 Å². The van der Waals surface area contributed by atoms with Gasteiger partial charge in [0.2, 0.25) is 10.0 Å². The summed E-state index contributed by atoms with van der Waals surface area (Å²) in [5.41, 5.74) is 4.54. The Bertz CT molecular complexity index is 836. The quantitative estimate of drug-likeness (QED) is 0.782. The minimum Gasteiger partial charge on any atom is -0.207 e. The van der Waals surface area contributed by atoms with Gasteiger partial charge in [0.05, 0.1) is 10.9 Å². The normalized spacial score (nSPS) is 22.1. The maximum absolute atomic E-state index is 13.4. The second kappa shape index (κ2) is 6.93. The Morgan fingerprint density at radius 3 is 2.08 bits per heavy atom. The topological polar surface area (TPSA) is 37.4 Å². The van der Waals surface area contributed by atoms with Crippen molar-refractivity contribution in [2.24, 2.45) is 0 Å². The van der Waals surface area contributed by atoms with Gasteiger partial charge in [-0.2, -0.15) is 4.31 Å². The average molecular weight is 358 g/mol. The lowest BCUT2D eigenvalue weighted by Crippen LogP contribution is -2.44. The van der Waals surface area contributed by atoms with Gasteiger partial charge in [-0.3, -0.25) is 0 Å². The van der Waals surface area contributed by atoms with Gasteiger partial charge in [-0.1, -0.05) is 47.0 Å². The Labute approximate surface area is 151 Å². The van der Waals surface area contributed by atoms with Crippen molar-refractivity contribution in [3.63, 3.8) is 0 Å². The smallest absolute Gasteiger partial charge is 0.207 e. The largest absolute Gasteiger partial charge is 0.243 e. The fourth-order valence-corrected chi connectivity index (χ4v) is 5.79. The Hall–Kier alpha value is -1.65. The molecule has 1 saturated heterocycles. The van der Waals surface area contributed by atoms with Gasteiger partial charge in [0.25, 0.3) is 0 Å². The van der Waals surface area contributed by atoms with Crippen LogP contribution in [0.4, 0.5) is 0 Å². The van der Waals surface area contributed by atoms with Crippen molar-refractivity contribution in [3.05, 3.63) is 64.7 Å². The summed E-state index contributed by atoms with van der Waals surface area (Å²) in [5.74, 6) is 0. The highest BCUT2D eigenvalue weighted by molar-refractivity contribution is 7.89. The number of sulfonamides is 1. The molecule has 0 aliphatic carbocycles. The molecule has 1 fully saturated rings. The highest BCUT2D eigenvalue weighted by Crippen LogP contribution is 2.39. The van der Waals surface area contributed by atoms with Gasteiger partial charge < -0.3 is 0 Å². The maximum atomic E-state index is 13.4. The van der Waals surface area contributed by atoms with Gasteiger partial charge in [-0.25, -0.2) is 8.42 Å². The lowest BCUT2D eigenvalue weighted by Gasteiger charge is -2.40. The van der Waals surface area contributed by atoms with Crippen molar-refractivity contribution in [2.45, 2.75) is 63.9 Å². The van der Waals surface area contributed by atoms with E-state index in [1.54, 1.807) is 16.4 Å².